The van der Waals surface area contributed by atoms with E-state index in [-0.39, 0.29) is 11.6 Å². The number of ether oxygens (including phenoxy) is 3. The first-order valence-electron chi connectivity index (χ1n) is 4.41. The number of rotatable bonds is 5. The van der Waals surface area contributed by atoms with Crippen LogP contribution in [0, 0.1) is 5.82 Å². The second-order valence-electron chi connectivity index (χ2n) is 2.91. The standard InChI is InChI=1S/C10H11BrClFO3/c1-14-10(15-2)5-16-9-4-8(13)7(12)3-6(9)11/h3-4,10H,5H2,1-2H3. The lowest BCUT2D eigenvalue weighted by molar-refractivity contribution is -0.122. The van der Waals surface area contributed by atoms with Gasteiger partial charge in [-0.15, -0.1) is 0 Å². The van der Waals surface area contributed by atoms with Gasteiger partial charge < -0.3 is 14.2 Å². The molecule has 0 saturated heterocycles. The first kappa shape index (κ1) is 13.7. The number of methoxy groups -OCH3 is 2. The third-order valence-electron chi connectivity index (χ3n) is 1.88. The molecule has 90 valence electrons. The molecule has 0 fully saturated rings. The molecule has 6 heteroatoms. The summed E-state index contributed by atoms with van der Waals surface area (Å²) in [7, 11) is 2.99. The second kappa shape index (κ2) is 6.39. The van der Waals surface area contributed by atoms with E-state index in [0.717, 1.165) is 0 Å². The molecule has 0 heterocycles. The Morgan fingerprint density at radius 2 is 2.00 bits per heavy atom. The largest absolute Gasteiger partial charge is 0.487 e. The van der Waals surface area contributed by atoms with Crippen molar-refractivity contribution in [1.29, 1.82) is 0 Å². The fourth-order valence-electron chi connectivity index (χ4n) is 1.01. The Morgan fingerprint density at radius 3 is 2.56 bits per heavy atom. The van der Waals surface area contributed by atoms with Crippen LogP contribution in [0.5, 0.6) is 5.75 Å². The zero-order valence-electron chi connectivity index (χ0n) is 8.80. The normalized spacial score (nSPS) is 10.9. The molecule has 0 saturated carbocycles. The van der Waals surface area contributed by atoms with Gasteiger partial charge in [0, 0.05) is 20.3 Å². The van der Waals surface area contributed by atoms with E-state index in [2.05, 4.69) is 15.9 Å². The summed E-state index contributed by atoms with van der Waals surface area (Å²) in [6.07, 6.45) is -0.495. The van der Waals surface area contributed by atoms with Crippen molar-refractivity contribution in [3.63, 3.8) is 0 Å². The Labute approximate surface area is 107 Å². The molecule has 0 spiro atoms. The molecule has 1 aromatic carbocycles. The zero-order chi connectivity index (χ0) is 12.1. The van der Waals surface area contributed by atoms with E-state index in [0.29, 0.717) is 10.2 Å². The number of hydrogen-bond acceptors (Lipinski definition) is 3. The summed E-state index contributed by atoms with van der Waals surface area (Å²) >= 11 is 8.81. The van der Waals surface area contributed by atoms with Gasteiger partial charge in [0.25, 0.3) is 0 Å². The van der Waals surface area contributed by atoms with Crippen LogP contribution in [-0.2, 0) is 9.47 Å². The van der Waals surface area contributed by atoms with Crippen LogP contribution < -0.4 is 4.74 Å². The van der Waals surface area contributed by atoms with Crippen molar-refractivity contribution in [2.75, 3.05) is 20.8 Å². The maximum atomic E-state index is 13.2. The van der Waals surface area contributed by atoms with E-state index in [9.17, 15) is 4.39 Å². The lowest BCUT2D eigenvalue weighted by Gasteiger charge is -2.15. The van der Waals surface area contributed by atoms with Crippen LogP contribution >= 0.6 is 27.5 Å². The van der Waals surface area contributed by atoms with E-state index in [4.69, 9.17) is 25.8 Å². The minimum absolute atomic E-state index is 0.0364. The summed E-state index contributed by atoms with van der Waals surface area (Å²) in [5, 5.41) is 0.0364. The molecule has 0 bridgehead atoms. The van der Waals surface area contributed by atoms with Gasteiger partial charge in [-0.1, -0.05) is 11.6 Å². The van der Waals surface area contributed by atoms with E-state index in [1.165, 1.54) is 26.4 Å². The highest BCUT2D eigenvalue weighted by Crippen LogP contribution is 2.30. The lowest BCUT2D eigenvalue weighted by Crippen LogP contribution is -2.22. The van der Waals surface area contributed by atoms with Crippen molar-refractivity contribution < 1.29 is 18.6 Å². The summed E-state index contributed by atoms with van der Waals surface area (Å²) in [6.45, 7) is 0.159. The molecule has 0 aromatic heterocycles. The number of halogens is 3. The van der Waals surface area contributed by atoms with E-state index in [1.54, 1.807) is 0 Å². The fourth-order valence-corrected chi connectivity index (χ4v) is 1.76. The highest BCUT2D eigenvalue weighted by atomic mass is 79.9. The highest BCUT2D eigenvalue weighted by Gasteiger charge is 2.11. The van der Waals surface area contributed by atoms with Gasteiger partial charge in [-0.2, -0.15) is 0 Å². The summed E-state index contributed by atoms with van der Waals surface area (Å²) in [5.41, 5.74) is 0. The Balaban J connectivity index is 2.70. The molecule has 1 aromatic rings. The van der Waals surface area contributed by atoms with Crippen LogP contribution in [0.1, 0.15) is 0 Å². The first-order valence-corrected chi connectivity index (χ1v) is 5.58. The maximum Gasteiger partial charge on any atom is 0.191 e. The molecule has 0 N–H and O–H groups in total. The van der Waals surface area contributed by atoms with Crippen LogP contribution in [0.4, 0.5) is 4.39 Å². The van der Waals surface area contributed by atoms with Crippen LogP contribution in [0.2, 0.25) is 5.02 Å². The summed E-state index contributed by atoms with van der Waals surface area (Å²) in [5.74, 6) is -0.188. The minimum Gasteiger partial charge on any atom is -0.487 e. The van der Waals surface area contributed by atoms with Crippen LogP contribution in [-0.4, -0.2) is 27.1 Å². The van der Waals surface area contributed by atoms with Crippen molar-refractivity contribution in [3.8, 4) is 5.75 Å². The molecular formula is C10H11BrClFO3. The van der Waals surface area contributed by atoms with Crippen LogP contribution in [0.15, 0.2) is 16.6 Å². The van der Waals surface area contributed by atoms with Crippen molar-refractivity contribution in [1.82, 2.24) is 0 Å². The van der Waals surface area contributed by atoms with E-state index < -0.39 is 12.1 Å². The Kier molecular flexibility index (Phi) is 5.48. The topological polar surface area (TPSA) is 27.7 Å². The van der Waals surface area contributed by atoms with Crippen LogP contribution in [0.3, 0.4) is 0 Å². The lowest BCUT2D eigenvalue weighted by atomic mass is 10.3. The van der Waals surface area contributed by atoms with Gasteiger partial charge in [0.2, 0.25) is 0 Å². The highest BCUT2D eigenvalue weighted by molar-refractivity contribution is 9.10. The summed E-state index contributed by atoms with van der Waals surface area (Å²) in [6, 6.07) is 2.63. The van der Waals surface area contributed by atoms with E-state index in [1.807, 2.05) is 0 Å². The molecule has 16 heavy (non-hydrogen) atoms. The average Bonchev–Trinajstić information content (AvgIpc) is 2.26. The monoisotopic (exact) mass is 312 g/mol. The number of hydrogen-bond donors (Lipinski definition) is 0. The Bertz CT molecular complexity index is 358. The third-order valence-corrected chi connectivity index (χ3v) is 2.78. The van der Waals surface area contributed by atoms with Gasteiger partial charge in [0.1, 0.15) is 18.2 Å². The van der Waals surface area contributed by atoms with Gasteiger partial charge in [0.15, 0.2) is 6.29 Å². The predicted octanol–water partition coefficient (Wildman–Crippen LogP) is 3.24. The molecule has 0 radical (unpaired) electrons. The molecule has 0 amide bonds. The molecule has 0 unspecified atom stereocenters. The second-order valence-corrected chi connectivity index (χ2v) is 4.17. The Morgan fingerprint density at radius 1 is 1.38 bits per heavy atom. The minimum atomic E-state index is -0.536. The third kappa shape index (κ3) is 3.59. The van der Waals surface area contributed by atoms with Gasteiger partial charge in [-0.05, 0) is 22.0 Å². The summed E-state index contributed by atoms with van der Waals surface area (Å²) < 4.78 is 28.9. The molecule has 0 atom stereocenters. The van der Waals surface area contributed by atoms with Crippen molar-refractivity contribution >= 4 is 27.5 Å². The average molecular weight is 314 g/mol. The number of benzene rings is 1. The maximum absolute atomic E-state index is 13.2. The van der Waals surface area contributed by atoms with Crippen molar-refractivity contribution in [2.24, 2.45) is 0 Å². The quantitative estimate of drug-likeness (QED) is 0.617. The molecule has 0 aliphatic heterocycles. The van der Waals surface area contributed by atoms with E-state index >= 15 is 0 Å². The first-order chi connectivity index (χ1) is 7.58. The molecular weight excluding hydrogens is 302 g/mol. The molecule has 0 aliphatic carbocycles. The molecule has 0 aliphatic rings. The summed E-state index contributed by atoms with van der Waals surface area (Å²) in [4.78, 5) is 0. The van der Waals surface area contributed by atoms with Gasteiger partial charge in [0.05, 0.1) is 9.50 Å². The Hall–Kier alpha value is -0.360. The molecule has 3 nitrogen and oxygen atoms in total. The van der Waals surface area contributed by atoms with Gasteiger partial charge in [-0.3, -0.25) is 0 Å². The fraction of sp³-hybridized carbons (Fsp3) is 0.400. The molecule has 1 rings (SSSR count). The SMILES string of the molecule is COC(COc1cc(F)c(Cl)cc1Br)OC. The smallest absolute Gasteiger partial charge is 0.191 e. The van der Waals surface area contributed by atoms with Gasteiger partial charge >= 0.3 is 0 Å². The zero-order valence-corrected chi connectivity index (χ0v) is 11.1. The van der Waals surface area contributed by atoms with Gasteiger partial charge in [-0.25, -0.2) is 4.39 Å². The van der Waals surface area contributed by atoms with Crippen molar-refractivity contribution in [3.05, 3.63) is 27.4 Å². The predicted molar refractivity (Wildman–Crippen MR) is 62.4 cm³/mol. The van der Waals surface area contributed by atoms with Crippen molar-refractivity contribution in [2.45, 2.75) is 6.29 Å². The van der Waals surface area contributed by atoms with Crippen LogP contribution in [0.25, 0.3) is 0 Å².